The van der Waals surface area contributed by atoms with E-state index in [-0.39, 0.29) is 17.6 Å². The monoisotopic (exact) mass is 321 g/mol. The lowest BCUT2D eigenvalue weighted by atomic mass is 9.98. The first-order valence-corrected chi connectivity index (χ1v) is 8.09. The van der Waals surface area contributed by atoms with Gasteiger partial charge in [-0.2, -0.15) is 5.10 Å². The van der Waals surface area contributed by atoms with Crippen LogP contribution in [0.4, 0.5) is 5.69 Å². The fraction of sp³-hybridized carbons (Fsp3) is 0.733. The molecule has 23 heavy (non-hydrogen) atoms. The highest BCUT2D eigenvalue weighted by molar-refractivity contribution is 5.80. The van der Waals surface area contributed by atoms with Crippen molar-refractivity contribution >= 4 is 11.6 Å². The predicted molar refractivity (Wildman–Crippen MR) is 84.1 cm³/mol. The number of hydrogen-bond acceptors (Lipinski definition) is 5. The van der Waals surface area contributed by atoms with Crippen molar-refractivity contribution in [2.45, 2.75) is 63.7 Å². The van der Waals surface area contributed by atoms with Gasteiger partial charge in [-0.3, -0.25) is 19.6 Å². The molecule has 3 heterocycles. The van der Waals surface area contributed by atoms with Crippen molar-refractivity contribution in [2.24, 2.45) is 0 Å². The summed E-state index contributed by atoms with van der Waals surface area (Å²) in [6.45, 7) is 3.34. The second kappa shape index (κ2) is 5.92. The van der Waals surface area contributed by atoms with Crippen LogP contribution in [0.15, 0.2) is 6.20 Å². The molecule has 0 spiro atoms. The van der Waals surface area contributed by atoms with Gasteiger partial charge in [0.1, 0.15) is 17.9 Å². The van der Waals surface area contributed by atoms with Gasteiger partial charge < -0.3 is 10.2 Å². The summed E-state index contributed by atoms with van der Waals surface area (Å²) in [5.41, 5.74) is 0.350. The zero-order chi connectivity index (χ0) is 16.7. The van der Waals surface area contributed by atoms with Crippen LogP contribution in [0.25, 0.3) is 0 Å². The van der Waals surface area contributed by atoms with Crippen molar-refractivity contribution in [2.75, 3.05) is 7.05 Å². The van der Waals surface area contributed by atoms with Gasteiger partial charge in [0.25, 0.3) is 0 Å². The smallest absolute Gasteiger partial charge is 0.309 e. The molecule has 1 N–H and O–H groups in total. The molecule has 1 amide bonds. The highest BCUT2D eigenvalue weighted by atomic mass is 16.6. The van der Waals surface area contributed by atoms with E-state index in [0.717, 1.165) is 12.8 Å². The van der Waals surface area contributed by atoms with Crippen molar-refractivity contribution in [1.82, 2.24) is 20.0 Å². The van der Waals surface area contributed by atoms with Gasteiger partial charge in [0.05, 0.1) is 4.92 Å². The van der Waals surface area contributed by atoms with Crippen LogP contribution in [0.3, 0.4) is 0 Å². The van der Waals surface area contributed by atoms with E-state index in [9.17, 15) is 14.9 Å². The van der Waals surface area contributed by atoms with Crippen LogP contribution in [0.2, 0.25) is 0 Å². The first kappa shape index (κ1) is 15.9. The van der Waals surface area contributed by atoms with E-state index in [1.54, 1.807) is 13.8 Å². The van der Waals surface area contributed by atoms with Crippen LogP contribution in [0.1, 0.15) is 44.3 Å². The number of fused-ring (bicyclic) bond motifs is 2. The number of carbonyl (C=O) groups is 1. The standard InChI is InChI=1S/C15H23N5O3/c1-9-14(20(22)23)8-16-19(9)10(2)15(21)17-11-6-12-4-5-13(7-11)18(12)3/h8,10-13H,4-7H2,1-3H3,(H,17,21). The van der Waals surface area contributed by atoms with Crippen molar-refractivity contribution in [3.8, 4) is 0 Å². The first-order valence-electron chi connectivity index (χ1n) is 8.09. The summed E-state index contributed by atoms with van der Waals surface area (Å²) in [7, 11) is 2.16. The number of carbonyl (C=O) groups excluding carboxylic acids is 1. The van der Waals surface area contributed by atoms with E-state index in [4.69, 9.17) is 0 Å². The van der Waals surface area contributed by atoms with E-state index in [0.29, 0.717) is 17.8 Å². The third-order valence-corrected chi connectivity index (χ3v) is 5.41. The van der Waals surface area contributed by atoms with E-state index < -0.39 is 11.0 Å². The molecule has 0 radical (unpaired) electrons. The Morgan fingerprint density at radius 1 is 1.43 bits per heavy atom. The molecule has 2 aliphatic rings. The van der Waals surface area contributed by atoms with E-state index in [1.807, 2.05) is 0 Å². The molecule has 1 aromatic heterocycles. The summed E-state index contributed by atoms with van der Waals surface area (Å²) in [5.74, 6) is -0.125. The van der Waals surface area contributed by atoms with Gasteiger partial charge in [0.2, 0.25) is 5.91 Å². The Balaban J connectivity index is 1.65. The average Bonchev–Trinajstić information content (AvgIpc) is 2.95. The summed E-state index contributed by atoms with van der Waals surface area (Å²) >= 11 is 0. The van der Waals surface area contributed by atoms with Crippen LogP contribution in [-0.4, -0.2) is 50.7 Å². The number of nitro groups is 1. The predicted octanol–water partition coefficient (Wildman–Crippen LogP) is 1.40. The Labute approximate surface area is 135 Å². The number of hydrogen-bond donors (Lipinski definition) is 1. The molecule has 0 saturated carbocycles. The molecule has 2 bridgehead atoms. The zero-order valence-corrected chi connectivity index (χ0v) is 13.7. The Morgan fingerprint density at radius 2 is 2.04 bits per heavy atom. The molecule has 0 aliphatic carbocycles. The Kier molecular flexibility index (Phi) is 4.09. The van der Waals surface area contributed by atoms with Gasteiger partial charge in [-0.25, -0.2) is 0 Å². The largest absolute Gasteiger partial charge is 0.351 e. The molecule has 8 heteroatoms. The topological polar surface area (TPSA) is 93.3 Å². The SMILES string of the molecule is Cc1c([N+](=O)[O-])cnn1C(C)C(=O)NC1CC2CCC(C1)N2C. The summed E-state index contributed by atoms with van der Waals surface area (Å²) in [4.78, 5) is 25.4. The van der Waals surface area contributed by atoms with Gasteiger partial charge >= 0.3 is 5.69 Å². The molecule has 126 valence electrons. The molecule has 2 saturated heterocycles. The molecule has 2 fully saturated rings. The fourth-order valence-electron chi connectivity index (χ4n) is 3.95. The normalized spacial score (nSPS) is 28.6. The second-order valence-corrected chi connectivity index (χ2v) is 6.72. The first-order chi connectivity index (χ1) is 10.9. The van der Waals surface area contributed by atoms with Gasteiger partial charge in [0.15, 0.2) is 0 Å². The lowest BCUT2D eigenvalue weighted by Crippen LogP contribution is -2.49. The third-order valence-electron chi connectivity index (χ3n) is 5.41. The Bertz CT molecular complexity index is 615. The van der Waals surface area contributed by atoms with Crippen molar-refractivity contribution in [3.05, 3.63) is 22.0 Å². The van der Waals surface area contributed by atoms with Crippen LogP contribution in [0.5, 0.6) is 0 Å². The maximum Gasteiger partial charge on any atom is 0.309 e. The van der Waals surface area contributed by atoms with Crippen LogP contribution in [-0.2, 0) is 4.79 Å². The number of aromatic nitrogens is 2. The van der Waals surface area contributed by atoms with Crippen LogP contribution in [0, 0.1) is 17.0 Å². The van der Waals surface area contributed by atoms with Gasteiger partial charge in [-0.1, -0.05) is 0 Å². The lowest BCUT2D eigenvalue weighted by Gasteiger charge is -2.37. The summed E-state index contributed by atoms with van der Waals surface area (Å²) in [5, 5.41) is 18.0. The molecular weight excluding hydrogens is 298 g/mol. The van der Waals surface area contributed by atoms with Crippen molar-refractivity contribution in [1.29, 1.82) is 0 Å². The summed E-state index contributed by atoms with van der Waals surface area (Å²) in [6, 6.07) is 0.745. The average molecular weight is 321 g/mol. The van der Waals surface area contributed by atoms with E-state index in [2.05, 4.69) is 22.4 Å². The molecule has 3 unspecified atom stereocenters. The highest BCUT2D eigenvalue weighted by Crippen LogP contribution is 2.34. The van der Waals surface area contributed by atoms with Crippen molar-refractivity contribution in [3.63, 3.8) is 0 Å². The number of amides is 1. The minimum Gasteiger partial charge on any atom is -0.351 e. The minimum atomic E-state index is -0.555. The second-order valence-electron chi connectivity index (χ2n) is 6.72. The van der Waals surface area contributed by atoms with E-state index >= 15 is 0 Å². The van der Waals surface area contributed by atoms with Gasteiger partial charge in [0, 0.05) is 18.1 Å². The Morgan fingerprint density at radius 3 is 2.57 bits per heavy atom. The van der Waals surface area contributed by atoms with Gasteiger partial charge in [-0.05, 0) is 46.6 Å². The molecular formula is C15H23N5O3. The molecule has 3 atom stereocenters. The molecule has 1 aromatic rings. The maximum absolute atomic E-state index is 12.5. The zero-order valence-electron chi connectivity index (χ0n) is 13.7. The number of nitrogens with one attached hydrogen (secondary N) is 1. The van der Waals surface area contributed by atoms with Crippen LogP contribution >= 0.6 is 0 Å². The number of nitrogens with zero attached hydrogens (tertiary/aromatic N) is 4. The number of rotatable bonds is 4. The van der Waals surface area contributed by atoms with Gasteiger partial charge in [-0.15, -0.1) is 0 Å². The molecule has 0 aromatic carbocycles. The van der Waals surface area contributed by atoms with E-state index in [1.165, 1.54) is 23.7 Å². The van der Waals surface area contributed by atoms with Crippen molar-refractivity contribution < 1.29 is 9.72 Å². The summed E-state index contributed by atoms with van der Waals surface area (Å²) < 4.78 is 1.43. The quantitative estimate of drug-likeness (QED) is 0.668. The molecule has 3 rings (SSSR count). The van der Waals surface area contributed by atoms with Crippen LogP contribution < -0.4 is 5.32 Å². The molecule has 2 aliphatic heterocycles. The maximum atomic E-state index is 12.5. The highest BCUT2D eigenvalue weighted by Gasteiger charge is 2.39. The third kappa shape index (κ3) is 2.83. The lowest BCUT2D eigenvalue weighted by molar-refractivity contribution is -0.385. The Hall–Kier alpha value is -1.96. The minimum absolute atomic E-state index is 0.0537. The summed E-state index contributed by atoms with van der Waals surface area (Å²) in [6.07, 6.45) is 5.56. The fourth-order valence-corrected chi connectivity index (χ4v) is 3.95. The number of piperidine rings is 1. The molecule has 8 nitrogen and oxygen atoms in total.